The Kier molecular flexibility index (Phi) is 5.23. The van der Waals surface area contributed by atoms with Gasteiger partial charge in [0.05, 0.1) is 0 Å². The van der Waals surface area contributed by atoms with Gasteiger partial charge in [-0.05, 0) is 62.5 Å². The van der Waals surface area contributed by atoms with E-state index in [1.807, 2.05) is 12.1 Å². The highest BCUT2D eigenvalue weighted by molar-refractivity contribution is 6.30. The fraction of sp³-hybridized carbons (Fsp3) is 0.533. The molecule has 1 amide bonds. The van der Waals surface area contributed by atoms with Crippen molar-refractivity contribution in [3.05, 3.63) is 29.3 Å². The Morgan fingerprint density at radius 3 is 2.58 bits per heavy atom. The third-order valence-corrected chi connectivity index (χ3v) is 4.09. The van der Waals surface area contributed by atoms with E-state index in [-0.39, 0.29) is 11.8 Å². The number of carbonyl (C=O) groups excluding carboxylic acids is 1. The maximum Gasteiger partial charge on any atom is 0.227 e. The minimum Gasteiger partial charge on any atom is -0.326 e. The predicted octanol–water partition coefficient (Wildman–Crippen LogP) is 3.30. The van der Waals surface area contributed by atoms with E-state index < -0.39 is 0 Å². The van der Waals surface area contributed by atoms with Crippen LogP contribution in [0.2, 0.25) is 5.02 Å². The first-order chi connectivity index (χ1) is 9.20. The number of hydrogen-bond acceptors (Lipinski definition) is 2. The van der Waals surface area contributed by atoms with Gasteiger partial charge in [0.15, 0.2) is 0 Å². The van der Waals surface area contributed by atoms with Crippen LogP contribution in [-0.4, -0.2) is 19.0 Å². The van der Waals surface area contributed by atoms with E-state index in [0.717, 1.165) is 38.0 Å². The monoisotopic (exact) mass is 280 g/mol. The van der Waals surface area contributed by atoms with Gasteiger partial charge in [-0.25, -0.2) is 0 Å². The van der Waals surface area contributed by atoms with Crippen molar-refractivity contribution in [3.8, 4) is 0 Å². The number of benzene rings is 1. The summed E-state index contributed by atoms with van der Waals surface area (Å²) in [5, 5.41) is 7.03. The number of nitrogens with one attached hydrogen (secondary N) is 2. The van der Waals surface area contributed by atoms with E-state index in [1.54, 1.807) is 12.1 Å². The van der Waals surface area contributed by atoms with Crippen LogP contribution < -0.4 is 10.6 Å². The minimum atomic E-state index is 0.109. The van der Waals surface area contributed by atoms with Gasteiger partial charge in [-0.15, -0.1) is 0 Å². The summed E-state index contributed by atoms with van der Waals surface area (Å²) in [6.45, 7) is 4.14. The average molecular weight is 281 g/mol. The molecule has 1 atom stereocenters. The van der Waals surface area contributed by atoms with Crippen LogP contribution >= 0.6 is 11.6 Å². The van der Waals surface area contributed by atoms with Crippen LogP contribution in [-0.2, 0) is 4.79 Å². The average Bonchev–Trinajstić information content (AvgIpc) is 2.43. The standard InChI is InChI=1S/C15H21ClN2O/c1-2-14(11-7-9-17-10-8-11)15(19)18-13-5-3-12(16)4-6-13/h3-6,11,14,17H,2,7-10H2,1H3,(H,18,19). The van der Waals surface area contributed by atoms with Crippen molar-refractivity contribution < 1.29 is 4.79 Å². The first-order valence-corrected chi connectivity index (χ1v) is 7.35. The molecule has 2 rings (SSSR count). The van der Waals surface area contributed by atoms with Gasteiger partial charge in [-0.2, -0.15) is 0 Å². The Morgan fingerprint density at radius 2 is 2.00 bits per heavy atom. The quantitative estimate of drug-likeness (QED) is 0.888. The Morgan fingerprint density at radius 1 is 1.37 bits per heavy atom. The topological polar surface area (TPSA) is 41.1 Å². The Labute approximate surface area is 119 Å². The van der Waals surface area contributed by atoms with Gasteiger partial charge in [-0.1, -0.05) is 18.5 Å². The molecule has 0 saturated carbocycles. The lowest BCUT2D eigenvalue weighted by Crippen LogP contribution is -2.36. The molecule has 19 heavy (non-hydrogen) atoms. The summed E-state index contributed by atoms with van der Waals surface area (Å²) in [5.74, 6) is 0.744. The lowest BCUT2D eigenvalue weighted by Gasteiger charge is -2.29. The first kappa shape index (κ1) is 14.4. The van der Waals surface area contributed by atoms with E-state index in [1.165, 1.54) is 0 Å². The summed E-state index contributed by atoms with van der Waals surface area (Å²) >= 11 is 5.84. The molecule has 104 valence electrons. The van der Waals surface area contributed by atoms with Gasteiger partial charge in [0, 0.05) is 16.6 Å². The summed E-state index contributed by atoms with van der Waals surface area (Å²) in [6.07, 6.45) is 3.07. The number of piperidine rings is 1. The van der Waals surface area contributed by atoms with Crippen molar-refractivity contribution in [2.24, 2.45) is 11.8 Å². The number of rotatable bonds is 4. The second-order valence-corrected chi connectivity index (χ2v) is 5.53. The van der Waals surface area contributed by atoms with Gasteiger partial charge < -0.3 is 10.6 Å². The van der Waals surface area contributed by atoms with Crippen molar-refractivity contribution >= 4 is 23.2 Å². The fourth-order valence-electron chi connectivity index (χ4n) is 2.75. The number of halogens is 1. The smallest absolute Gasteiger partial charge is 0.227 e. The van der Waals surface area contributed by atoms with Crippen LogP contribution in [0.4, 0.5) is 5.69 Å². The molecule has 0 bridgehead atoms. The molecule has 1 saturated heterocycles. The Hall–Kier alpha value is -1.06. The van der Waals surface area contributed by atoms with Crippen molar-refractivity contribution in [3.63, 3.8) is 0 Å². The molecule has 1 aliphatic heterocycles. The molecule has 1 aliphatic rings. The van der Waals surface area contributed by atoms with Crippen molar-refractivity contribution in [2.45, 2.75) is 26.2 Å². The van der Waals surface area contributed by atoms with Crippen LogP contribution in [0.5, 0.6) is 0 Å². The van der Waals surface area contributed by atoms with Crippen molar-refractivity contribution in [2.75, 3.05) is 18.4 Å². The second-order valence-electron chi connectivity index (χ2n) is 5.10. The molecule has 0 aromatic heterocycles. The highest BCUT2D eigenvalue weighted by Gasteiger charge is 2.27. The van der Waals surface area contributed by atoms with E-state index >= 15 is 0 Å². The zero-order valence-electron chi connectivity index (χ0n) is 11.3. The molecule has 0 spiro atoms. The van der Waals surface area contributed by atoms with Crippen LogP contribution in [0.1, 0.15) is 26.2 Å². The lowest BCUT2D eigenvalue weighted by atomic mass is 9.82. The van der Waals surface area contributed by atoms with Gasteiger partial charge in [0.25, 0.3) is 0 Å². The van der Waals surface area contributed by atoms with Crippen molar-refractivity contribution in [1.82, 2.24) is 5.32 Å². The maximum absolute atomic E-state index is 12.4. The normalized spacial score (nSPS) is 18.0. The SMILES string of the molecule is CCC(C(=O)Nc1ccc(Cl)cc1)C1CCNCC1. The second kappa shape index (κ2) is 6.92. The molecule has 1 aromatic rings. The molecule has 2 N–H and O–H groups in total. The van der Waals surface area contributed by atoms with Gasteiger partial charge in [0.2, 0.25) is 5.91 Å². The number of amides is 1. The summed E-state index contributed by atoms with van der Waals surface area (Å²) < 4.78 is 0. The maximum atomic E-state index is 12.4. The van der Waals surface area contributed by atoms with E-state index in [2.05, 4.69) is 17.6 Å². The highest BCUT2D eigenvalue weighted by atomic mass is 35.5. The summed E-state index contributed by atoms with van der Waals surface area (Å²) in [7, 11) is 0. The lowest BCUT2D eigenvalue weighted by molar-refractivity contribution is -0.121. The third kappa shape index (κ3) is 3.95. The van der Waals surface area contributed by atoms with Gasteiger partial charge >= 0.3 is 0 Å². The molecule has 0 aliphatic carbocycles. The Bertz CT molecular complexity index is 413. The summed E-state index contributed by atoms with van der Waals surface area (Å²) in [4.78, 5) is 12.4. The molecule has 4 heteroatoms. The predicted molar refractivity (Wildman–Crippen MR) is 79.5 cm³/mol. The third-order valence-electron chi connectivity index (χ3n) is 3.84. The number of carbonyl (C=O) groups is 1. The number of anilines is 1. The molecule has 0 radical (unpaired) electrons. The Balaban J connectivity index is 1.97. The highest BCUT2D eigenvalue weighted by Crippen LogP contribution is 2.26. The van der Waals surface area contributed by atoms with Crippen LogP contribution in [0.15, 0.2) is 24.3 Å². The van der Waals surface area contributed by atoms with E-state index in [9.17, 15) is 4.79 Å². The molecular formula is C15H21ClN2O. The van der Waals surface area contributed by atoms with Crippen LogP contribution in [0, 0.1) is 11.8 Å². The largest absolute Gasteiger partial charge is 0.326 e. The van der Waals surface area contributed by atoms with Gasteiger partial charge in [0.1, 0.15) is 0 Å². The number of hydrogen-bond donors (Lipinski definition) is 2. The zero-order valence-corrected chi connectivity index (χ0v) is 12.0. The minimum absolute atomic E-state index is 0.109. The summed E-state index contributed by atoms with van der Waals surface area (Å²) in [5.41, 5.74) is 0.821. The molecule has 1 aromatic carbocycles. The molecule has 3 nitrogen and oxygen atoms in total. The van der Waals surface area contributed by atoms with Crippen LogP contribution in [0.25, 0.3) is 0 Å². The van der Waals surface area contributed by atoms with Gasteiger partial charge in [-0.3, -0.25) is 4.79 Å². The fourth-order valence-corrected chi connectivity index (χ4v) is 2.87. The summed E-state index contributed by atoms with van der Waals surface area (Å²) in [6, 6.07) is 7.27. The first-order valence-electron chi connectivity index (χ1n) is 6.98. The van der Waals surface area contributed by atoms with Crippen molar-refractivity contribution in [1.29, 1.82) is 0 Å². The van der Waals surface area contributed by atoms with E-state index in [0.29, 0.717) is 10.9 Å². The molecular weight excluding hydrogens is 260 g/mol. The zero-order chi connectivity index (χ0) is 13.7. The molecule has 1 heterocycles. The molecule has 1 fully saturated rings. The van der Waals surface area contributed by atoms with E-state index in [4.69, 9.17) is 11.6 Å². The molecule has 1 unspecified atom stereocenters. The van der Waals surface area contributed by atoms with Crippen LogP contribution in [0.3, 0.4) is 0 Å².